The average Bonchev–Trinajstić information content (AvgIpc) is 2.39. The Morgan fingerprint density at radius 1 is 1.42 bits per heavy atom. The van der Waals surface area contributed by atoms with Crippen molar-refractivity contribution < 1.29 is 8.42 Å². The van der Waals surface area contributed by atoms with Gasteiger partial charge in [-0.1, -0.05) is 25.0 Å². The van der Waals surface area contributed by atoms with Gasteiger partial charge in [0.15, 0.2) is 0 Å². The summed E-state index contributed by atoms with van der Waals surface area (Å²) < 4.78 is 25.6. The monoisotopic (exact) mass is 280 g/mol. The van der Waals surface area contributed by atoms with Gasteiger partial charge in [-0.25, -0.2) is 8.42 Å². The van der Waals surface area contributed by atoms with Gasteiger partial charge in [0.05, 0.1) is 11.4 Å². The molecule has 0 amide bonds. The summed E-state index contributed by atoms with van der Waals surface area (Å²) in [7, 11) is -2.01. The smallest absolute Gasteiger partial charge is 0.243 e. The molecule has 104 valence electrons. The largest absolute Gasteiger partial charge is 0.313 e. The van der Waals surface area contributed by atoms with Gasteiger partial charge >= 0.3 is 0 Å². The molecule has 0 saturated heterocycles. The van der Waals surface area contributed by atoms with Crippen LogP contribution in [-0.2, 0) is 16.6 Å². The van der Waals surface area contributed by atoms with Crippen molar-refractivity contribution in [1.29, 1.82) is 0 Å². The Bertz CT molecular complexity index is 547. The quantitative estimate of drug-likeness (QED) is 0.607. The molecule has 1 aromatic carbocycles. The fraction of sp³-hybridized carbons (Fsp3) is 0.429. The topological polar surface area (TPSA) is 49.4 Å². The molecule has 0 heterocycles. The second-order valence-corrected chi connectivity index (χ2v) is 6.33. The number of terminal acetylenes is 1. The van der Waals surface area contributed by atoms with Crippen molar-refractivity contribution in [2.24, 2.45) is 0 Å². The van der Waals surface area contributed by atoms with Crippen LogP contribution in [0.5, 0.6) is 0 Å². The van der Waals surface area contributed by atoms with E-state index in [2.05, 4.69) is 18.2 Å². The molecular weight excluding hydrogens is 260 g/mol. The molecule has 0 spiro atoms. The van der Waals surface area contributed by atoms with Crippen LogP contribution in [0.4, 0.5) is 0 Å². The zero-order chi connectivity index (χ0) is 14.3. The molecule has 0 aromatic heterocycles. The third-order valence-electron chi connectivity index (χ3n) is 2.68. The highest BCUT2D eigenvalue weighted by Crippen LogP contribution is 2.15. The molecule has 0 radical (unpaired) electrons. The average molecular weight is 280 g/mol. The molecule has 0 saturated carbocycles. The minimum Gasteiger partial charge on any atom is -0.313 e. The van der Waals surface area contributed by atoms with Gasteiger partial charge in [0.1, 0.15) is 0 Å². The van der Waals surface area contributed by atoms with Crippen LogP contribution in [-0.4, -0.2) is 32.9 Å². The number of rotatable bonds is 7. The maximum absolute atomic E-state index is 12.2. The number of benzene rings is 1. The van der Waals surface area contributed by atoms with Gasteiger partial charge in [0, 0.05) is 13.6 Å². The van der Waals surface area contributed by atoms with E-state index in [1.807, 2.05) is 6.07 Å². The first-order valence-electron chi connectivity index (χ1n) is 6.21. The Labute approximate surface area is 115 Å². The van der Waals surface area contributed by atoms with E-state index in [4.69, 9.17) is 6.42 Å². The molecular formula is C14H20N2O2S. The molecule has 5 heteroatoms. The van der Waals surface area contributed by atoms with Crippen molar-refractivity contribution in [3.05, 3.63) is 29.8 Å². The maximum Gasteiger partial charge on any atom is 0.243 e. The summed E-state index contributed by atoms with van der Waals surface area (Å²) in [5, 5.41) is 3.24. The molecule has 0 aliphatic carbocycles. The Kier molecular flexibility index (Phi) is 6.03. The fourth-order valence-electron chi connectivity index (χ4n) is 1.62. The standard InChI is InChI=1S/C14H20N2O2S/c1-4-9-15-12-13-7-6-8-14(11-13)19(17,18)16(3)10-5-2/h2,6-8,11,15H,4,9-10,12H2,1,3H3. The van der Waals surface area contributed by atoms with Crippen LogP contribution >= 0.6 is 0 Å². The highest BCUT2D eigenvalue weighted by molar-refractivity contribution is 7.89. The Balaban J connectivity index is 2.89. The van der Waals surface area contributed by atoms with Crippen LogP contribution < -0.4 is 5.32 Å². The van der Waals surface area contributed by atoms with Crippen molar-refractivity contribution in [2.45, 2.75) is 24.8 Å². The van der Waals surface area contributed by atoms with Gasteiger partial charge in [-0.2, -0.15) is 4.31 Å². The molecule has 0 unspecified atom stereocenters. The second kappa shape index (κ2) is 7.29. The Morgan fingerprint density at radius 2 is 2.16 bits per heavy atom. The molecule has 1 aromatic rings. The van der Waals surface area contributed by atoms with Gasteiger partial charge in [-0.05, 0) is 30.7 Å². The minimum atomic E-state index is -3.49. The summed E-state index contributed by atoms with van der Waals surface area (Å²) >= 11 is 0. The van der Waals surface area contributed by atoms with Crippen LogP contribution in [0, 0.1) is 12.3 Å². The predicted molar refractivity (Wildman–Crippen MR) is 77.1 cm³/mol. The normalized spacial score (nSPS) is 11.5. The second-order valence-electron chi connectivity index (χ2n) is 4.29. The molecule has 0 aliphatic rings. The summed E-state index contributed by atoms with van der Waals surface area (Å²) in [5.41, 5.74) is 0.948. The van der Waals surface area contributed by atoms with E-state index in [0.717, 1.165) is 18.5 Å². The first kappa shape index (κ1) is 15.7. The first-order chi connectivity index (χ1) is 9.02. The SMILES string of the molecule is C#CCN(C)S(=O)(=O)c1cccc(CNCCC)c1. The summed E-state index contributed by atoms with van der Waals surface area (Å²) in [6, 6.07) is 6.93. The Hall–Kier alpha value is -1.35. The molecule has 1 N–H and O–H groups in total. The van der Waals surface area contributed by atoms with Crippen molar-refractivity contribution in [2.75, 3.05) is 20.1 Å². The van der Waals surface area contributed by atoms with Crippen molar-refractivity contribution >= 4 is 10.0 Å². The van der Waals surface area contributed by atoms with E-state index in [1.54, 1.807) is 18.2 Å². The van der Waals surface area contributed by atoms with E-state index < -0.39 is 10.0 Å². The minimum absolute atomic E-state index is 0.0701. The van der Waals surface area contributed by atoms with Gasteiger partial charge in [-0.15, -0.1) is 6.42 Å². The lowest BCUT2D eigenvalue weighted by Gasteiger charge is -2.15. The van der Waals surface area contributed by atoms with E-state index in [9.17, 15) is 8.42 Å². The zero-order valence-corrected chi connectivity index (χ0v) is 12.2. The van der Waals surface area contributed by atoms with Gasteiger partial charge in [-0.3, -0.25) is 0 Å². The molecule has 0 fully saturated rings. The Morgan fingerprint density at radius 3 is 2.79 bits per heavy atom. The summed E-state index contributed by atoms with van der Waals surface area (Å²) in [4.78, 5) is 0.279. The molecule has 0 atom stereocenters. The third-order valence-corrected chi connectivity index (χ3v) is 4.48. The number of hydrogen-bond donors (Lipinski definition) is 1. The lowest BCUT2D eigenvalue weighted by atomic mass is 10.2. The van der Waals surface area contributed by atoms with Gasteiger partial charge < -0.3 is 5.32 Å². The van der Waals surface area contributed by atoms with Crippen LogP contribution in [0.1, 0.15) is 18.9 Å². The maximum atomic E-state index is 12.2. The zero-order valence-electron chi connectivity index (χ0n) is 11.4. The number of hydrogen-bond acceptors (Lipinski definition) is 3. The highest BCUT2D eigenvalue weighted by atomic mass is 32.2. The van der Waals surface area contributed by atoms with E-state index >= 15 is 0 Å². The third kappa shape index (κ3) is 4.35. The van der Waals surface area contributed by atoms with Crippen LogP contribution in [0.25, 0.3) is 0 Å². The molecule has 0 aliphatic heterocycles. The highest BCUT2D eigenvalue weighted by Gasteiger charge is 2.19. The summed E-state index contributed by atoms with van der Waals surface area (Å²) in [6.45, 7) is 3.73. The van der Waals surface area contributed by atoms with Crippen LogP contribution in [0.2, 0.25) is 0 Å². The summed E-state index contributed by atoms with van der Waals surface area (Å²) in [5.74, 6) is 2.33. The molecule has 0 bridgehead atoms. The van der Waals surface area contributed by atoms with Crippen molar-refractivity contribution in [1.82, 2.24) is 9.62 Å². The van der Waals surface area contributed by atoms with Crippen molar-refractivity contribution in [3.8, 4) is 12.3 Å². The van der Waals surface area contributed by atoms with Crippen molar-refractivity contribution in [3.63, 3.8) is 0 Å². The lowest BCUT2D eigenvalue weighted by Crippen LogP contribution is -2.27. The van der Waals surface area contributed by atoms with Gasteiger partial charge in [0.25, 0.3) is 0 Å². The van der Waals surface area contributed by atoms with Gasteiger partial charge in [0.2, 0.25) is 10.0 Å². The number of sulfonamides is 1. The first-order valence-corrected chi connectivity index (χ1v) is 7.65. The molecule has 1 rings (SSSR count). The fourth-order valence-corrected chi connectivity index (χ4v) is 2.77. The van der Waals surface area contributed by atoms with E-state index in [-0.39, 0.29) is 11.4 Å². The summed E-state index contributed by atoms with van der Waals surface area (Å²) in [6.07, 6.45) is 6.19. The number of nitrogens with one attached hydrogen (secondary N) is 1. The van der Waals surface area contributed by atoms with E-state index in [1.165, 1.54) is 11.4 Å². The predicted octanol–water partition coefficient (Wildman–Crippen LogP) is 1.44. The lowest BCUT2D eigenvalue weighted by molar-refractivity contribution is 0.503. The molecule has 19 heavy (non-hydrogen) atoms. The van der Waals surface area contributed by atoms with Crippen LogP contribution in [0.3, 0.4) is 0 Å². The number of nitrogens with zero attached hydrogens (tertiary/aromatic N) is 1. The molecule has 4 nitrogen and oxygen atoms in total. The van der Waals surface area contributed by atoms with E-state index in [0.29, 0.717) is 6.54 Å². The van der Waals surface area contributed by atoms with Crippen LogP contribution in [0.15, 0.2) is 29.2 Å².